The molecular formula is C18H16ClNO. The first kappa shape index (κ1) is 13.9. The highest BCUT2D eigenvalue weighted by atomic mass is 35.5. The van der Waals surface area contributed by atoms with E-state index in [4.69, 9.17) is 11.6 Å². The van der Waals surface area contributed by atoms with Crippen molar-refractivity contribution < 1.29 is 4.79 Å². The van der Waals surface area contributed by atoms with E-state index in [9.17, 15) is 4.79 Å². The Balaban J connectivity index is 2.26. The number of hydrogen-bond donors (Lipinski definition) is 1. The van der Waals surface area contributed by atoms with Crippen LogP contribution in [0.25, 0.3) is 22.2 Å². The standard InChI is InChI=1S/C18H16ClNO/c1-11(2)12-6-7-17-15(9-12)16(10-21)18(20-17)13-4-3-5-14(19)8-13/h3-11,20H,1-2H3. The van der Waals surface area contributed by atoms with Gasteiger partial charge in [-0.2, -0.15) is 0 Å². The summed E-state index contributed by atoms with van der Waals surface area (Å²) in [5.74, 6) is 0.429. The lowest BCUT2D eigenvalue weighted by Crippen LogP contribution is -1.87. The molecule has 3 rings (SSSR count). The average molecular weight is 298 g/mol. The van der Waals surface area contributed by atoms with Crippen LogP contribution >= 0.6 is 11.6 Å². The van der Waals surface area contributed by atoms with E-state index in [-0.39, 0.29) is 0 Å². The van der Waals surface area contributed by atoms with Gasteiger partial charge in [-0.05, 0) is 35.7 Å². The van der Waals surface area contributed by atoms with Gasteiger partial charge in [-0.1, -0.05) is 43.6 Å². The predicted molar refractivity (Wildman–Crippen MR) is 88.2 cm³/mol. The van der Waals surface area contributed by atoms with Gasteiger partial charge < -0.3 is 4.98 Å². The van der Waals surface area contributed by atoms with Gasteiger partial charge in [0.25, 0.3) is 0 Å². The first-order valence-electron chi connectivity index (χ1n) is 6.97. The highest BCUT2D eigenvalue weighted by Gasteiger charge is 2.14. The minimum Gasteiger partial charge on any atom is -0.354 e. The third-order valence-corrected chi connectivity index (χ3v) is 4.00. The second kappa shape index (κ2) is 5.38. The molecule has 21 heavy (non-hydrogen) atoms. The first-order valence-corrected chi connectivity index (χ1v) is 7.34. The molecule has 2 nitrogen and oxygen atoms in total. The number of nitrogens with one attached hydrogen (secondary N) is 1. The van der Waals surface area contributed by atoms with E-state index in [2.05, 4.69) is 31.0 Å². The molecule has 0 saturated heterocycles. The van der Waals surface area contributed by atoms with Crippen LogP contribution in [-0.4, -0.2) is 11.3 Å². The Morgan fingerprint density at radius 2 is 1.95 bits per heavy atom. The van der Waals surface area contributed by atoms with Crippen LogP contribution in [0.3, 0.4) is 0 Å². The Morgan fingerprint density at radius 3 is 2.62 bits per heavy atom. The Morgan fingerprint density at radius 1 is 1.14 bits per heavy atom. The Labute approximate surface area is 128 Å². The summed E-state index contributed by atoms with van der Waals surface area (Å²) >= 11 is 6.05. The minimum atomic E-state index is 0.429. The number of carbonyl (C=O) groups excluding carboxylic acids is 1. The number of H-pyrrole nitrogens is 1. The maximum Gasteiger partial charge on any atom is 0.152 e. The molecule has 1 aromatic heterocycles. The fourth-order valence-electron chi connectivity index (χ4n) is 2.58. The number of rotatable bonds is 3. The lowest BCUT2D eigenvalue weighted by Gasteiger charge is -2.04. The van der Waals surface area contributed by atoms with E-state index in [0.29, 0.717) is 16.5 Å². The van der Waals surface area contributed by atoms with Crippen LogP contribution in [0.4, 0.5) is 0 Å². The second-order valence-electron chi connectivity index (χ2n) is 5.50. The largest absolute Gasteiger partial charge is 0.354 e. The van der Waals surface area contributed by atoms with Gasteiger partial charge in [0.2, 0.25) is 0 Å². The highest BCUT2D eigenvalue weighted by molar-refractivity contribution is 6.30. The Hall–Kier alpha value is -2.06. The van der Waals surface area contributed by atoms with E-state index in [0.717, 1.165) is 28.4 Å². The molecule has 3 heteroatoms. The number of aromatic amines is 1. The molecule has 1 heterocycles. The maximum atomic E-state index is 11.6. The smallest absolute Gasteiger partial charge is 0.152 e. The van der Waals surface area contributed by atoms with Gasteiger partial charge >= 0.3 is 0 Å². The number of halogens is 1. The molecule has 106 valence electrons. The molecule has 0 unspecified atom stereocenters. The molecule has 3 aromatic rings. The molecule has 0 radical (unpaired) electrons. The Kier molecular flexibility index (Phi) is 3.56. The molecule has 0 bridgehead atoms. The fourth-order valence-corrected chi connectivity index (χ4v) is 2.77. The average Bonchev–Trinajstić information content (AvgIpc) is 2.84. The van der Waals surface area contributed by atoms with Crippen molar-refractivity contribution in [2.24, 2.45) is 0 Å². The molecule has 0 atom stereocenters. The summed E-state index contributed by atoms with van der Waals surface area (Å²) < 4.78 is 0. The quantitative estimate of drug-likeness (QED) is 0.643. The summed E-state index contributed by atoms with van der Waals surface area (Å²) in [6, 6.07) is 13.7. The summed E-state index contributed by atoms with van der Waals surface area (Å²) in [5, 5.41) is 1.62. The van der Waals surface area contributed by atoms with Gasteiger partial charge in [-0.3, -0.25) is 4.79 Å². The lowest BCUT2D eigenvalue weighted by atomic mass is 9.99. The van der Waals surface area contributed by atoms with Crippen LogP contribution in [0.5, 0.6) is 0 Å². The van der Waals surface area contributed by atoms with Crippen LogP contribution in [0.15, 0.2) is 42.5 Å². The van der Waals surface area contributed by atoms with Crippen molar-refractivity contribution in [3.05, 3.63) is 58.6 Å². The molecule has 0 saturated carbocycles. The van der Waals surface area contributed by atoms with E-state index < -0.39 is 0 Å². The van der Waals surface area contributed by atoms with Crippen molar-refractivity contribution >= 4 is 28.8 Å². The zero-order valence-electron chi connectivity index (χ0n) is 12.0. The van der Waals surface area contributed by atoms with E-state index in [1.54, 1.807) is 0 Å². The van der Waals surface area contributed by atoms with Crippen LogP contribution < -0.4 is 0 Å². The normalized spacial score (nSPS) is 11.2. The van der Waals surface area contributed by atoms with Crippen LogP contribution in [0, 0.1) is 0 Å². The number of fused-ring (bicyclic) bond motifs is 1. The molecular weight excluding hydrogens is 282 g/mol. The number of aldehydes is 1. The lowest BCUT2D eigenvalue weighted by molar-refractivity contribution is 0.112. The summed E-state index contributed by atoms with van der Waals surface area (Å²) in [6.07, 6.45) is 0.916. The van der Waals surface area contributed by atoms with E-state index in [1.807, 2.05) is 30.3 Å². The van der Waals surface area contributed by atoms with E-state index >= 15 is 0 Å². The van der Waals surface area contributed by atoms with Gasteiger partial charge in [0.1, 0.15) is 0 Å². The maximum absolute atomic E-state index is 11.6. The minimum absolute atomic E-state index is 0.429. The highest BCUT2D eigenvalue weighted by Crippen LogP contribution is 2.32. The third-order valence-electron chi connectivity index (χ3n) is 3.76. The summed E-state index contributed by atoms with van der Waals surface area (Å²) in [6.45, 7) is 4.29. The molecule has 0 spiro atoms. The van der Waals surface area contributed by atoms with Gasteiger partial charge in [-0.15, -0.1) is 0 Å². The summed E-state index contributed by atoms with van der Waals surface area (Å²) in [4.78, 5) is 14.9. The number of hydrogen-bond acceptors (Lipinski definition) is 1. The first-order chi connectivity index (χ1) is 10.1. The van der Waals surface area contributed by atoms with Crippen molar-refractivity contribution in [2.45, 2.75) is 19.8 Å². The van der Waals surface area contributed by atoms with Gasteiger partial charge in [0.05, 0.1) is 5.69 Å². The van der Waals surface area contributed by atoms with E-state index in [1.165, 1.54) is 5.56 Å². The number of carbonyl (C=O) groups is 1. The predicted octanol–water partition coefficient (Wildman–Crippen LogP) is 5.42. The Bertz CT molecular complexity index is 817. The molecule has 0 aliphatic rings. The van der Waals surface area contributed by atoms with Crippen LogP contribution in [0.1, 0.15) is 35.7 Å². The van der Waals surface area contributed by atoms with Crippen molar-refractivity contribution in [1.29, 1.82) is 0 Å². The summed E-state index contributed by atoms with van der Waals surface area (Å²) in [7, 11) is 0. The summed E-state index contributed by atoms with van der Waals surface area (Å²) in [5.41, 5.74) is 4.63. The van der Waals surface area contributed by atoms with Gasteiger partial charge in [0, 0.05) is 27.1 Å². The van der Waals surface area contributed by atoms with Crippen LogP contribution in [-0.2, 0) is 0 Å². The van der Waals surface area contributed by atoms with Crippen molar-refractivity contribution in [1.82, 2.24) is 4.98 Å². The van der Waals surface area contributed by atoms with Gasteiger partial charge in [-0.25, -0.2) is 0 Å². The topological polar surface area (TPSA) is 32.9 Å². The van der Waals surface area contributed by atoms with Crippen molar-refractivity contribution in [3.63, 3.8) is 0 Å². The molecule has 0 amide bonds. The molecule has 2 aromatic carbocycles. The van der Waals surface area contributed by atoms with Crippen LogP contribution in [0.2, 0.25) is 5.02 Å². The zero-order valence-corrected chi connectivity index (χ0v) is 12.7. The molecule has 1 N–H and O–H groups in total. The molecule has 0 aliphatic carbocycles. The molecule has 0 aliphatic heterocycles. The van der Waals surface area contributed by atoms with Gasteiger partial charge in [0.15, 0.2) is 6.29 Å². The van der Waals surface area contributed by atoms with Crippen molar-refractivity contribution in [2.75, 3.05) is 0 Å². The van der Waals surface area contributed by atoms with Crippen molar-refractivity contribution in [3.8, 4) is 11.3 Å². The second-order valence-corrected chi connectivity index (χ2v) is 5.94. The molecule has 0 fully saturated rings. The monoisotopic (exact) mass is 297 g/mol. The zero-order chi connectivity index (χ0) is 15.0. The SMILES string of the molecule is CC(C)c1ccc2[nH]c(-c3cccc(Cl)c3)c(C=O)c2c1. The number of aromatic nitrogens is 1. The fraction of sp³-hybridized carbons (Fsp3) is 0.167. The third kappa shape index (κ3) is 2.47. The number of benzene rings is 2.